The number of aromatic nitrogens is 1. The summed E-state index contributed by atoms with van der Waals surface area (Å²) < 4.78 is 5.71. The lowest BCUT2D eigenvalue weighted by molar-refractivity contribution is -0.328. The summed E-state index contributed by atoms with van der Waals surface area (Å²) in [7, 11) is 0. The highest BCUT2D eigenvalue weighted by atomic mass is 32.2. The van der Waals surface area contributed by atoms with Crippen LogP contribution in [0.5, 0.6) is 0 Å². The number of nitrogen functional groups attached to an aromatic ring is 1. The number of nitrogens with two attached hydrogens (primary N) is 1. The average molecular weight is 441 g/mol. The van der Waals surface area contributed by atoms with Crippen LogP contribution >= 0.6 is 23.1 Å². The van der Waals surface area contributed by atoms with E-state index in [1.54, 1.807) is 0 Å². The first-order chi connectivity index (χ1) is 14.4. The van der Waals surface area contributed by atoms with Crippen LogP contribution in [0, 0.1) is 0 Å². The van der Waals surface area contributed by atoms with E-state index >= 15 is 0 Å². The van der Waals surface area contributed by atoms with Gasteiger partial charge in [-0.1, -0.05) is 55.5 Å². The summed E-state index contributed by atoms with van der Waals surface area (Å²) in [5.74, 6) is 2.11. The second-order valence-corrected chi connectivity index (χ2v) is 11.2. The summed E-state index contributed by atoms with van der Waals surface area (Å²) in [5.41, 5.74) is 10.6. The minimum Gasteiger partial charge on any atom is -0.397 e. The van der Waals surface area contributed by atoms with Gasteiger partial charge in [-0.25, -0.2) is 4.98 Å². The fraction of sp³-hybridized carbons (Fsp3) is 0.391. The third kappa shape index (κ3) is 3.39. The first-order valence-corrected chi connectivity index (χ1v) is 12.1. The second kappa shape index (κ2) is 7.55. The van der Waals surface area contributed by atoms with Crippen molar-refractivity contribution in [3.63, 3.8) is 0 Å². The zero-order chi connectivity index (χ0) is 20.9. The molecule has 1 fully saturated rings. The van der Waals surface area contributed by atoms with Crippen molar-refractivity contribution in [1.82, 2.24) is 0 Å². The minimum absolute atomic E-state index is 0.00572. The van der Waals surface area contributed by atoms with E-state index < -0.39 is 0 Å². The Balaban J connectivity index is 1.70. The number of fused-ring (bicyclic) bond motifs is 3. The number of benzene rings is 1. The molecule has 3 aromatic rings. The molecule has 0 spiro atoms. The van der Waals surface area contributed by atoms with Crippen LogP contribution < -0.4 is 15.6 Å². The first-order valence-electron chi connectivity index (χ1n) is 10.3. The summed E-state index contributed by atoms with van der Waals surface area (Å²) in [6.45, 7) is 7.80. The van der Waals surface area contributed by atoms with Crippen LogP contribution in [0.2, 0.25) is 0 Å². The van der Waals surface area contributed by atoms with E-state index in [0.29, 0.717) is 16.1 Å². The number of thiophene rings is 1. The maximum Gasteiger partial charge on any atom is 0.280 e. The van der Waals surface area contributed by atoms with Crippen molar-refractivity contribution in [3.8, 4) is 0 Å². The van der Waals surface area contributed by atoms with Gasteiger partial charge in [0.05, 0.1) is 29.9 Å². The number of ketones is 1. The van der Waals surface area contributed by atoms with Gasteiger partial charge in [0.2, 0.25) is 5.78 Å². The molecule has 1 aromatic carbocycles. The third-order valence-electron chi connectivity index (χ3n) is 5.91. The van der Waals surface area contributed by atoms with Crippen LogP contribution in [-0.2, 0) is 16.9 Å². The van der Waals surface area contributed by atoms with Crippen molar-refractivity contribution in [2.75, 3.05) is 36.9 Å². The van der Waals surface area contributed by atoms with Gasteiger partial charge in [0.1, 0.15) is 18.0 Å². The number of nitrogens with one attached hydrogen (secondary N) is 1. The summed E-state index contributed by atoms with van der Waals surface area (Å²) in [6, 6.07) is 9.40. The molecular formula is C23H26N3O2S2+. The highest BCUT2D eigenvalue weighted by molar-refractivity contribution is 7.99. The summed E-state index contributed by atoms with van der Waals surface area (Å²) >= 11 is 3.47. The number of rotatable bonds is 3. The number of aromatic amines is 1. The topological polar surface area (TPSA) is 69.7 Å². The van der Waals surface area contributed by atoms with E-state index in [2.05, 4.69) is 23.7 Å². The molecular weight excluding hydrogens is 414 g/mol. The molecule has 2 aliphatic heterocycles. The number of hydrogen-bond acceptors (Lipinski definition) is 6. The first kappa shape index (κ1) is 19.8. The molecule has 0 unspecified atom stereocenters. The number of thioether (sulfide) groups is 1. The SMILES string of the molecule is CC1(C)Cc2c(c(N3CCOCC3)[nH+]c3sc(C(=O)c4ccccc4)c(N)c23)CS1. The van der Waals surface area contributed by atoms with Crippen molar-refractivity contribution < 1.29 is 14.5 Å². The summed E-state index contributed by atoms with van der Waals surface area (Å²) in [5, 5.41) is 1.04. The van der Waals surface area contributed by atoms with Crippen molar-refractivity contribution in [2.45, 2.75) is 30.8 Å². The molecule has 7 heteroatoms. The Morgan fingerprint density at radius 2 is 1.90 bits per heavy atom. The number of ether oxygens (including phenoxy) is 1. The van der Waals surface area contributed by atoms with Crippen LogP contribution in [0.1, 0.15) is 40.2 Å². The number of carbonyl (C=O) groups is 1. The third-order valence-corrected chi connectivity index (χ3v) is 8.39. The van der Waals surface area contributed by atoms with Crippen LogP contribution in [0.15, 0.2) is 30.3 Å². The number of anilines is 2. The fourth-order valence-corrected chi connectivity index (χ4v) is 6.55. The smallest absolute Gasteiger partial charge is 0.280 e. The van der Waals surface area contributed by atoms with Crippen LogP contribution in [-0.4, -0.2) is 36.8 Å². The van der Waals surface area contributed by atoms with Crippen LogP contribution in [0.4, 0.5) is 11.5 Å². The lowest BCUT2D eigenvalue weighted by Crippen LogP contribution is -2.41. The summed E-state index contributed by atoms with van der Waals surface area (Å²) in [4.78, 5) is 20.9. The van der Waals surface area contributed by atoms with E-state index in [4.69, 9.17) is 10.5 Å². The molecule has 30 heavy (non-hydrogen) atoms. The van der Waals surface area contributed by atoms with Gasteiger partial charge in [-0.05, 0) is 12.0 Å². The lowest BCUT2D eigenvalue weighted by atomic mass is 9.94. The standard InChI is InChI=1S/C23H25N3O2S2/c1-23(2)12-15-16(13-29-23)21(26-8-10-28-11-9-26)25-22-17(15)18(24)20(30-22)19(27)14-6-4-3-5-7-14/h3-7H,8-13,24H2,1-2H3/p+1. The molecule has 0 aliphatic carbocycles. The molecule has 2 aromatic heterocycles. The molecule has 156 valence electrons. The van der Waals surface area contributed by atoms with Gasteiger partial charge in [-0.2, -0.15) is 11.8 Å². The van der Waals surface area contributed by atoms with Crippen LogP contribution in [0.25, 0.3) is 10.2 Å². The monoisotopic (exact) mass is 440 g/mol. The van der Waals surface area contributed by atoms with E-state index in [-0.39, 0.29) is 10.5 Å². The molecule has 0 radical (unpaired) electrons. The maximum atomic E-state index is 13.2. The fourth-order valence-electron chi connectivity index (χ4n) is 4.35. The van der Waals surface area contributed by atoms with Crippen LogP contribution in [0.3, 0.4) is 0 Å². The van der Waals surface area contributed by atoms with Crippen molar-refractivity contribution in [2.24, 2.45) is 0 Å². The summed E-state index contributed by atoms with van der Waals surface area (Å²) in [6.07, 6.45) is 0.940. The predicted octanol–water partition coefficient (Wildman–Crippen LogP) is 3.93. The van der Waals surface area contributed by atoms with Gasteiger partial charge in [0.15, 0.2) is 4.83 Å². The van der Waals surface area contributed by atoms with Crippen molar-refractivity contribution in [1.29, 1.82) is 0 Å². The molecule has 0 amide bonds. The van der Waals surface area contributed by atoms with Crippen molar-refractivity contribution >= 4 is 50.6 Å². The highest BCUT2D eigenvalue weighted by Gasteiger charge is 2.36. The highest BCUT2D eigenvalue weighted by Crippen LogP contribution is 2.46. The molecule has 0 bridgehead atoms. The Morgan fingerprint density at radius 3 is 2.63 bits per heavy atom. The number of nitrogens with zero attached hydrogens (tertiary/aromatic N) is 1. The predicted molar refractivity (Wildman–Crippen MR) is 125 cm³/mol. The quantitative estimate of drug-likeness (QED) is 0.625. The molecule has 0 saturated carbocycles. The van der Waals surface area contributed by atoms with Gasteiger partial charge in [0, 0.05) is 16.1 Å². The second-order valence-electron chi connectivity index (χ2n) is 8.50. The number of hydrogen-bond donors (Lipinski definition) is 1. The Morgan fingerprint density at radius 1 is 1.17 bits per heavy atom. The molecule has 0 atom stereocenters. The van der Waals surface area contributed by atoms with E-state index in [1.165, 1.54) is 28.3 Å². The molecule has 5 nitrogen and oxygen atoms in total. The van der Waals surface area contributed by atoms with Gasteiger partial charge in [0.25, 0.3) is 5.82 Å². The Bertz CT molecular complexity index is 1120. The largest absolute Gasteiger partial charge is 0.397 e. The maximum absolute atomic E-state index is 13.2. The number of pyridine rings is 1. The number of H-pyrrole nitrogens is 1. The zero-order valence-corrected chi connectivity index (χ0v) is 18.9. The number of morpholine rings is 1. The lowest BCUT2D eigenvalue weighted by Gasteiger charge is -2.32. The van der Waals surface area contributed by atoms with E-state index in [0.717, 1.165) is 48.7 Å². The van der Waals surface area contributed by atoms with E-state index in [9.17, 15) is 4.79 Å². The molecule has 1 saturated heterocycles. The Kier molecular flexibility index (Phi) is 5.00. The van der Waals surface area contributed by atoms with Gasteiger partial charge in [-0.3, -0.25) is 9.69 Å². The van der Waals surface area contributed by atoms with E-state index in [1.807, 2.05) is 42.1 Å². The normalized spacial score (nSPS) is 18.4. The molecule has 2 aliphatic rings. The van der Waals surface area contributed by atoms with Gasteiger partial charge < -0.3 is 10.5 Å². The van der Waals surface area contributed by atoms with Crippen molar-refractivity contribution in [3.05, 3.63) is 51.9 Å². The Labute approximate surface area is 184 Å². The zero-order valence-electron chi connectivity index (χ0n) is 17.3. The van der Waals surface area contributed by atoms with Gasteiger partial charge >= 0.3 is 0 Å². The minimum atomic E-state index is -0.00572. The average Bonchev–Trinajstić information content (AvgIpc) is 3.09. The molecule has 5 rings (SSSR count). The number of carbonyl (C=O) groups excluding carboxylic acids is 1. The van der Waals surface area contributed by atoms with Gasteiger partial charge in [-0.15, -0.1) is 0 Å². The molecule has 4 heterocycles. The molecule has 3 N–H and O–H groups in total. The Hall–Kier alpha value is -2.09.